The normalized spacial score (nSPS) is 12.5. The molecule has 0 aliphatic carbocycles. The number of aryl methyl sites for hydroxylation is 1. The van der Waals surface area contributed by atoms with Crippen LogP contribution in [0.25, 0.3) is 10.1 Å². The molecule has 0 fully saturated rings. The molecule has 1 N–H and O–H groups in total. The van der Waals surface area contributed by atoms with E-state index in [2.05, 4.69) is 22.8 Å². The highest BCUT2D eigenvalue weighted by Crippen LogP contribution is 2.27. The van der Waals surface area contributed by atoms with Gasteiger partial charge in [0.1, 0.15) is 5.82 Å². The van der Waals surface area contributed by atoms with Crippen molar-refractivity contribution in [3.8, 4) is 0 Å². The molecule has 1 heterocycles. The summed E-state index contributed by atoms with van der Waals surface area (Å²) < 4.78 is 14.6. The maximum Gasteiger partial charge on any atom is 0.241 e. The van der Waals surface area contributed by atoms with Crippen LogP contribution in [-0.4, -0.2) is 23.9 Å². The highest BCUT2D eigenvalue weighted by Gasteiger charge is 2.20. The van der Waals surface area contributed by atoms with Gasteiger partial charge in [0.15, 0.2) is 0 Å². The molecule has 25 heavy (non-hydrogen) atoms. The van der Waals surface area contributed by atoms with Crippen LogP contribution in [0.2, 0.25) is 0 Å². The predicted octanol–water partition coefficient (Wildman–Crippen LogP) is 4.81. The number of anilines is 1. The minimum absolute atomic E-state index is 0.143. The van der Waals surface area contributed by atoms with Crippen LogP contribution in [0.5, 0.6) is 0 Å². The predicted molar refractivity (Wildman–Crippen MR) is 103 cm³/mol. The van der Waals surface area contributed by atoms with E-state index in [4.69, 9.17) is 0 Å². The maximum atomic E-state index is 13.4. The van der Waals surface area contributed by atoms with Crippen molar-refractivity contribution in [1.29, 1.82) is 0 Å². The van der Waals surface area contributed by atoms with Gasteiger partial charge in [-0.25, -0.2) is 4.39 Å². The number of amides is 1. The topological polar surface area (TPSA) is 32.3 Å². The highest BCUT2D eigenvalue weighted by molar-refractivity contribution is 7.17. The first-order valence-electron chi connectivity index (χ1n) is 8.18. The molecule has 3 aromatic rings. The second-order valence-corrected chi connectivity index (χ2v) is 7.21. The fraction of sp³-hybridized carbons (Fsp3) is 0.250. The van der Waals surface area contributed by atoms with Crippen LogP contribution in [0.1, 0.15) is 18.1 Å². The second kappa shape index (κ2) is 7.33. The minimum atomic E-state index is -0.355. The van der Waals surface area contributed by atoms with Gasteiger partial charge >= 0.3 is 0 Å². The number of hydrogen-bond donors (Lipinski definition) is 1. The Morgan fingerprint density at radius 3 is 2.84 bits per heavy atom. The van der Waals surface area contributed by atoms with E-state index in [1.165, 1.54) is 27.8 Å². The molecule has 1 atom stereocenters. The number of nitrogens with one attached hydrogen (secondary N) is 1. The van der Waals surface area contributed by atoms with Crippen LogP contribution < -0.4 is 5.32 Å². The van der Waals surface area contributed by atoms with Crippen LogP contribution >= 0.6 is 11.3 Å². The lowest BCUT2D eigenvalue weighted by Crippen LogP contribution is -2.39. The third-order valence-corrected chi connectivity index (χ3v) is 5.49. The summed E-state index contributed by atoms with van der Waals surface area (Å²) in [6, 6.07) is 12.3. The first-order valence-corrected chi connectivity index (χ1v) is 9.06. The summed E-state index contributed by atoms with van der Waals surface area (Å²) in [5.74, 6) is -0.498. The van der Waals surface area contributed by atoms with Gasteiger partial charge < -0.3 is 5.32 Å². The molecule has 2 aromatic carbocycles. The van der Waals surface area contributed by atoms with E-state index >= 15 is 0 Å². The molecule has 0 spiro atoms. The van der Waals surface area contributed by atoms with Crippen LogP contribution in [0.4, 0.5) is 10.1 Å². The number of halogens is 1. The van der Waals surface area contributed by atoms with E-state index in [1.807, 2.05) is 37.9 Å². The summed E-state index contributed by atoms with van der Waals surface area (Å²) in [6.45, 7) is 4.39. The maximum absolute atomic E-state index is 13.4. The minimum Gasteiger partial charge on any atom is -0.324 e. The number of carbonyl (C=O) groups excluding carboxylic acids is 1. The smallest absolute Gasteiger partial charge is 0.241 e. The van der Waals surface area contributed by atoms with Crippen LogP contribution in [0.15, 0.2) is 47.8 Å². The number of likely N-dealkylation sites (N-methyl/N-ethyl adjacent to an activating group) is 1. The van der Waals surface area contributed by atoms with Gasteiger partial charge in [-0.3, -0.25) is 9.69 Å². The summed E-state index contributed by atoms with van der Waals surface area (Å²) in [5, 5.41) is 6.20. The number of thiophene rings is 1. The molecule has 0 saturated heterocycles. The summed E-state index contributed by atoms with van der Waals surface area (Å²) >= 11 is 1.71. The molecule has 1 aromatic heterocycles. The first kappa shape index (κ1) is 17.6. The van der Waals surface area contributed by atoms with Crippen molar-refractivity contribution < 1.29 is 9.18 Å². The fourth-order valence-electron chi connectivity index (χ4n) is 2.73. The molecule has 1 unspecified atom stereocenters. The van der Waals surface area contributed by atoms with Crippen LogP contribution in [-0.2, 0) is 11.3 Å². The van der Waals surface area contributed by atoms with E-state index < -0.39 is 0 Å². The van der Waals surface area contributed by atoms with Crippen molar-refractivity contribution in [2.45, 2.75) is 26.4 Å². The number of benzene rings is 2. The first-order chi connectivity index (χ1) is 12.0. The third kappa shape index (κ3) is 3.89. The van der Waals surface area contributed by atoms with Gasteiger partial charge in [-0.05, 0) is 61.0 Å². The molecular formula is C20H21FN2OS. The Labute approximate surface area is 151 Å². The van der Waals surface area contributed by atoms with Crippen molar-refractivity contribution in [3.63, 3.8) is 0 Å². The lowest BCUT2D eigenvalue weighted by Gasteiger charge is -2.24. The van der Waals surface area contributed by atoms with Gasteiger partial charge in [-0.2, -0.15) is 0 Å². The second-order valence-electron chi connectivity index (χ2n) is 6.30. The van der Waals surface area contributed by atoms with Crippen molar-refractivity contribution in [2.75, 3.05) is 12.4 Å². The van der Waals surface area contributed by atoms with Crippen LogP contribution in [0.3, 0.4) is 0 Å². The molecule has 3 nitrogen and oxygen atoms in total. The van der Waals surface area contributed by atoms with Crippen molar-refractivity contribution >= 4 is 33.0 Å². The average molecular weight is 356 g/mol. The van der Waals surface area contributed by atoms with E-state index in [9.17, 15) is 9.18 Å². The van der Waals surface area contributed by atoms with Gasteiger partial charge in [0, 0.05) is 16.9 Å². The zero-order chi connectivity index (χ0) is 18.0. The summed E-state index contributed by atoms with van der Waals surface area (Å²) in [4.78, 5) is 14.5. The Balaban J connectivity index is 1.70. The lowest BCUT2D eigenvalue weighted by atomic mass is 10.1. The van der Waals surface area contributed by atoms with E-state index in [0.717, 1.165) is 5.56 Å². The highest BCUT2D eigenvalue weighted by atomic mass is 32.1. The van der Waals surface area contributed by atoms with Crippen molar-refractivity contribution in [3.05, 3.63) is 64.8 Å². The SMILES string of the molecule is Cc1ccc(F)cc1NC(=O)C(C)N(C)Cc1csc2ccccc12. The molecule has 5 heteroatoms. The largest absolute Gasteiger partial charge is 0.324 e. The zero-order valence-corrected chi connectivity index (χ0v) is 15.4. The molecule has 1 amide bonds. The number of rotatable bonds is 5. The summed E-state index contributed by atoms with van der Waals surface area (Å²) in [6.07, 6.45) is 0. The standard InChI is InChI=1S/C20H21FN2OS/c1-13-8-9-16(21)10-18(13)22-20(24)14(2)23(3)11-15-12-25-19-7-5-4-6-17(15)19/h4-10,12,14H,11H2,1-3H3,(H,22,24). The van der Waals surface area contributed by atoms with Gasteiger partial charge in [0.25, 0.3) is 0 Å². The number of carbonyl (C=O) groups is 1. The molecule has 130 valence electrons. The monoisotopic (exact) mass is 356 g/mol. The molecule has 0 radical (unpaired) electrons. The molecule has 0 saturated carbocycles. The average Bonchev–Trinajstić information content (AvgIpc) is 3.00. The summed E-state index contributed by atoms with van der Waals surface area (Å²) in [5.41, 5.74) is 2.57. The Morgan fingerprint density at radius 2 is 2.04 bits per heavy atom. The Morgan fingerprint density at radius 1 is 1.28 bits per heavy atom. The van der Waals surface area contributed by atoms with Crippen LogP contribution in [0, 0.1) is 12.7 Å². The van der Waals surface area contributed by atoms with Gasteiger partial charge in [-0.1, -0.05) is 24.3 Å². The zero-order valence-electron chi connectivity index (χ0n) is 14.5. The van der Waals surface area contributed by atoms with E-state index in [-0.39, 0.29) is 17.8 Å². The van der Waals surface area contributed by atoms with Crippen molar-refractivity contribution in [1.82, 2.24) is 4.90 Å². The lowest BCUT2D eigenvalue weighted by molar-refractivity contribution is -0.120. The fourth-order valence-corrected chi connectivity index (χ4v) is 3.68. The van der Waals surface area contributed by atoms with E-state index in [0.29, 0.717) is 12.2 Å². The molecular weight excluding hydrogens is 335 g/mol. The number of fused-ring (bicyclic) bond motifs is 1. The Kier molecular flexibility index (Phi) is 5.16. The van der Waals surface area contributed by atoms with Gasteiger partial charge in [0.05, 0.1) is 6.04 Å². The molecule has 0 aliphatic rings. The van der Waals surface area contributed by atoms with Crippen molar-refractivity contribution in [2.24, 2.45) is 0 Å². The van der Waals surface area contributed by atoms with Gasteiger partial charge in [-0.15, -0.1) is 11.3 Å². The Bertz CT molecular complexity index is 906. The third-order valence-electron chi connectivity index (χ3n) is 4.48. The van der Waals surface area contributed by atoms with Gasteiger partial charge in [0.2, 0.25) is 5.91 Å². The molecule has 0 aliphatic heterocycles. The number of hydrogen-bond acceptors (Lipinski definition) is 3. The Hall–Kier alpha value is -2.24. The molecule has 0 bridgehead atoms. The summed E-state index contributed by atoms with van der Waals surface area (Å²) in [7, 11) is 1.93. The van der Waals surface area contributed by atoms with E-state index in [1.54, 1.807) is 17.4 Å². The molecule has 3 rings (SSSR count). The quantitative estimate of drug-likeness (QED) is 0.712. The number of nitrogens with zero attached hydrogens (tertiary/aromatic N) is 1.